The molecule has 0 aliphatic carbocycles. The van der Waals surface area contributed by atoms with Gasteiger partial charge in [0.2, 0.25) is 0 Å². The summed E-state index contributed by atoms with van der Waals surface area (Å²) in [5.41, 5.74) is -2.78. The first-order valence-corrected chi connectivity index (χ1v) is 12.3. The van der Waals surface area contributed by atoms with E-state index in [2.05, 4.69) is 5.32 Å². The van der Waals surface area contributed by atoms with E-state index in [0.717, 1.165) is 12.1 Å². The molecule has 0 bridgehead atoms. The molecule has 0 amide bonds. The van der Waals surface area contributed by atoms with Gasteiger partial charge in [-0.05, 0) is 77.1 Å². The van der Waals surface area contributed by atoms with Gasteiger partial charge in [0.05, 0.1) is 29.7 Å². The number of nitrogens with one attached hydrogen (secondary N) is 1. The Hall–Kier alpha value is -3.70. The van der Waals surface area contributed by atoms with Crippen LogP contribution in [0.25, 0.3) is 11.1 Å². The molecule has 1 unspecified atom stereocenters. The van der Waals surface area contributed by atoms with E-state index in [9.17, 15) is 44.3 Å². The lowest BCUT2D eigenvalue weighted by molar-refractivity contribution is -0.144. The highest BCUT2D eigenvalue weighted by molar-refractivity contribution is 5.80. The molecule has 12 heteroatoms. The number of halogens is 9. The standard InChI is InChI=1S/C29H26F9NO2/c1-16(2)8-25(26(40)41-3)20-11-19(18-4-6-21(7-5-18)27(30,31)32)12-24(13-20)39-15-17-9-22(28(33,34)35)14-23(10-17)29(36,37)38/h4-7,9-14,16,25,39H,8,15H2,1-3H3. The molecule has 0 fully saturated rings. The Bertz CT molecular complexity index is 1330. The zero-order valence-electron chi connectivity index (χ0n) is 22.1. The van der Waals surface area contributed by atoms with Gasteiger partial charge in [-0.25, -0.2) is 0 Å². The van der Waals surface area contributed by atoms with Crippen molar-refractivity contribution >= 4 is 11.7 Å². The van der Waals surface area contributed by atoms with Crippen molar-refractivity contribution in [1.29, 1.82) is 0 Å². The zero-order valence-corrected chi connectivity index (χ0v) is 22.1. The quantitative estimate of drug-likeness (QED) is 0.210. The summed E-state index contributed by atoms with van der Waals surface area (Å²) in [4.78, 5) is 12.6. The van der Waals surface area contributed by atoms with Crippen LogP contribution in [0.2, 0.25) is 0 Å². The molecule has 3 rings (SSSR count). The molecule has 41 heavy (non-hydrogen) atoms. The highest BCUT2D eigenvalue weighted by Gasteiger charge is 2.37. The summed E-state index contributed by atoms with van der Waals surface area (Å²) in [6.07, 6.45) is -14.3. The first-order valence-electron chi connectivity index (χ1n) is 12.3. The number of benzene rings is 3. The van der Waals surface area contributed by atoms with Gasteiger partial charge in [0.1, 0.15) is 0 Å². The van der Waals surface area contributed by atoms with E-state index < -0.39 is 53.7 Å². The van der Waals surface area contributed by atoms with Crippen LogP contribution in [0.3, 0.4) is 0 Å². The molecule has 3 nitrogen and oxygen atoms in total. The van der Waals surface area contributed by atoms with E-state index in [0.29, 0.717) is 35.2 Å². The first-order chi connectivity index (χ1) is 18.9. The van der Waals surface area contributed by atoms with Crippen molar-refractivity contribution in [2.24, 2.45) is 5.92 Å². The number of carbonyl (C=O) groups is 1. The van der Waals surface area contributed by atoms with Gasteiger partial charge < -0.3 is 10.1 Å². The van der Waals surface area contributed by atoms with Crippen molar-refractivity contribution in [3.05, 3.63) is 88.5 Å². The van der Waals surface area contributed by atoms with Crippen LogP contribution < -0.4 is 5.32 Å². The van der Waals surface area contributed by atoms with E-state index >= 15 is 0 Å². The lowest BCUT2D eigenvalue weighted by atomic mass is 9.88. The maximum atomic E-state index is 13.3. The molecule has 0 spiro atoms. The van der Waals surface area contributed by atoms with E-state index in [4.69, 9.17) is 4.74 Å². The van der Waals surface area contributed by atoms with E-state index in [1.54, 1.807) is 6.07 Å². The van der Waals surface area contributed by atoms with Crippen LogP contribution in [-0.4, -0.2) is 13.1 Å². The number of rotatable bonds is 8. The molecular formula is C29H26F9NO2. The van der Waals surface area contributed by atoms with Gasteiger partial charge in [0, 0.05) is 12.2 Å². The summed E-state index contributed by atoms with van der Waals surface area (Å²) < 4.78 is 124. The second-order valence-electron chi connectivity index (χ2n) is 9.89. The Kier molecular flexibility index (Phi) is 9.34. The third-order valence-corrected chi connectivity index (χ3v) is 6.24. The number of esters is 1. The fourth-order valence-corrected chi connectivity index (χ4v) is 4.28. The zero-order chi connectivity index (χ0) is 30.8. The number of alkyl halides is 9. The van der Waals surface area contributed by atoms with Gasteiger partial charge in [-0.15, -0.1) is 0 Å². The lowest BCUT2D eigenvalue weighted by Crippen LogP contribution is -2.17. The number of hydrogen-bond donors (Lipinski definition) is 1. The highest BCUT2D eigenvalue weighted by Crippen LogP contribution is 2.38. The fraction of sp³-hybridized carbons (Fsp3) is 0.345. The lowest BCUT2D eigenvalue weighted by Gasteiger charge is -2.20. The Morgan fingerprint density at radius 3 is 1.73 bits per heavy atom. The van der Waals surface area contributed by atoms with Gasteiger partial charge in [0.15, 0.2) is 0 Å². The second kappa shape index (κ2) is 12.0. The summed E-state index contributed by atoms with van der Waals surface area (Å²) in [5, 5.41) is 2.80. The maximum Gasteiger partial charge on any atom is 0.416 e. The van der Waals surface area contributed by atoms with Gasteiger partial charge >= 0.3 is 24.5 Å². The Balaban J connectivity index is 2.08. The number of ether oxygens (including phenoxy) is 1. The normalized spacial score (nSPS) is 13.3. The van der Waals surface area contributed by atoms with Gasteiger partial charge in [0.25, 0.3) is 0 Å². The van der Waals surface area contributed by atoms with Crippen LogP contribution in [0, 0.1) is 5.92 Å². The van der Waals surface area contributed by atoms with Gasteiger partial charge in [-0.3, -0.25) is 4.79 Å². The molecule has 222 valence electrons. The van der Waals surface area contributed by atoms with Gasteiger partial charge in [-0.1, -0.05) is 32.0 Å². The molecular weight excluding hydrogens is 565 g/mol. The van der Waals surface area contributed by atoms with Crippen LogP contribution in [0.4, 0.5) is 45.2 Å². The third-order valence-electron chi connectivity index (χ3n) is 6.24. The van der Waals surface area contributed by atoms with Crippen molar-refractivity contribution in [2.75, 3.05) is 12.4 Å². The molecule has 3 aromatic carbocycles. The second-order valence-corrected chi connectivity index (χ2v) is 9.89. The highest BCUT2D eigenvalue weighted by atomic mass is 19.4. The topological polar surface area (TPSA) is 38.3 Å². The van der Waals surface area contributed by atoms with Crippen molar-refractivity contribution in [3.63, 3.8) is 0 Å². The minimum Gasteiger partial charge on any atom is -0.469 e. The molecule has 0 aliphatic rings. The largest absolute Gasteiger partial charge is 0.469 e. The van der Waals surface area contributed by atoms with Crippen LogP contribution in [0.15, 0.2) is 60.7 Å². The molecule has 3 aromatic rings. The summed E-state index contributed by atoms with van der Waals surface area (Å²) in [5.74, 6) is -1.35. The summed E-state index contributed by atoms with van der Waals surface area (Å²) >= 11 is 0. The Morgan fingerprint density at radius 2 is 1.27 bits per heavy atom. The molecule has 0 aromatic heterocycles. The van der Waals surface area contributed by atoms with Crippen molar-refractivity contribution in [3.8, 4) is 11.1 Å². The van der Waals surface area contributed by atoms with Gasteiger partial charge in [-0.2, -0.15) is 39.5 Å². The molecule has 0 saturated heterocycles. The van der Waals surface area contributed by atoms with Crippen molar-refractivity contribution < 1.29 is 49.0 Å². The fourth-order valence-electron chi connectivity index (χ4n) is 4.28. The predicted octanol–water partition coefficient (Wildman–Crippen LogP) is 9.32. The summed E-state index contributed by atoms with van der Waals surface area (Å²) in [6, 6.07) is 10.0. The number of hydrogen-bond acceptors (Lipinski definition) is 3. The SMILES string of the molecule is COC(=O)C(CC(C)C)c1cc(NCc2cc(C(F)(F)F)cc(C(F)(F)F)c2)cc(-c2ccc(C(F)(F)F)cc2)c1. The number of anilines is 1. The molecule has 1 N–H and O–H groups in total. The van der Waals surface area contributed by atoms with Crippen LogP contribution in [-0.2, 0) is 34.6 Å². The van der Waals surface area contributed by atoms with Crippen LogP contribution >= 0.6 is 0 Å². The molecule has 1 atom stereocenters. The monoisotopic (exact) mass is 591 g/mol. The minimum absolute atomic E-state index is 0.0242. The Labute approximate surface area is 230 Å². The third kappa shape index (κ3) is 8.40. The first kappa shape index (κ1) is 31.8. The Morgan fingerprint density at radius 1 is 0.732 bits per heavy atom. The average Bonchev–Trinajstić information content (AvgIpc) is 2.88. The molecule has 0 aliphatic heterocycles. The number of methoxy groups -OCH3 is 1. The van der Waals surface area contributed by atoms with E-state index in [1.807, 2.05) is 13.8 Å². The van der Waals surface area contributed by atoms with Crippen molar-refractivity contribution in [1.82, 2.24) is 0 Å². The molecule has 0 heterocycles. The summed E-state index contributed by atoms with van der Waals surface area (Å²) in [6.45, 7) is 3.28. The number of carbonyl (C=O) groups excluding carboxylic acids is 1. The van der Waals surface area contributed by atoms with E-state index in [-0.39, 0.29) is 23.2 Å². The average molecular weight is 592 g/mol. The van der Waals surface area contributed by atoms with Crippen LogP contribution in [0.1, 0.15) is 54.0 Å². The molecule has 0 radical (unpaired) electrons. The molecule has 0 saturated carbocycles. The smallest absolute Gasteiger partial charge is 0.416 e. The van der Waals surface area contributed by atoms with Crippen molar-refractivity contribution in [2.45, 2.75) is 51.3 Å². The minimum atomic E-state index is -5.02. The maximum absolute atomic E-state index is 13.3. The van der Waals surface area contributed by atoms with E-state index in [1.165, 1.54) is 31.4 Å². The van der Waals surface area contributed by atoms with Crippen LogP contribution in [0.5, 0.6) is 0 Å². The predicted molar refractivity (Wildman–Crippen MR) is 135 cm³/mol. The summed E-state index contributed by atoms with van der Waals surface area (Å²) in [7, 11) is 1.19.